The normalized spacial score (nSPS) is 12.5. The maximum absolute atomic E-state index is 2.33. The highest BCUT2D eigenvalue weighted by atomic mass is 15.1. The lowest BCUT2D eigenvalue weighted by molar-refractivity contribution is 0.275. The van der Waals surface area contributed by atoms with Crippen LogP contribution in [0, 0.1) is 0 Å². The van der Waals surface area contributed by atoms with Crippen molar-refractivity contribution in [2.24, 2.45) is 0 Å². The van der Waals surface area contributed by atoms with Gasteiger partial charge in [0, 0.05) is 12.0 Å². The van der Waals surface area contributed by atoms with E-state index in [9.17, 15) is 0 Å². The van der Waals surface area contributed by atoms with Crippen LogP contribution in [0.15, 0.2) is 91.0 Å². The smallest absolute Gasteiger partial charge is 0.0351 e. The van der Waals surface area contributed by atoms with E-state index in [-0.39, 0.29) is 0 Å². The molecular weight excluding hydrogens is 290 g/mol. The molecule has 0 fully saturated rings. The number of hydrogen-bond donors (Lipinski definition) is 0. The Balaban J connectivity index is 1.96. The highest BCUT2D eigenvalue weighted by molar-refractivity contribution is 5.33. The van der Waals surface area contributed by atoms with Crippen molar-refractivity contribution in [2.75, 3.05) is 14.1 Å². The van der Waals surface area contributed by atoms with E-state index in [2.05, 4.69) is 110 Å². The number of benzene rings is 3. The van der Waals surface area contributed by atoms with Crippen LogP contribution in [0.2, 0.25) is 0 Å². The van der Waals surface area contributed by atoms with Crippen LogP contribution < -0.4 is 0 Å². The summed E-state index contributed by atoms with van der Waals surface area (Å²) in [4.78, 5) is 2.33. The minimum absolute atomic E-state index is 0.386. The van der Waals surface area contributed by atoms with Gasteiger partial charge in [0.25, 0.3) is 0 Å². The van der Waals surface area contributed by atoms with Gasteiger partial charge in [-0.2, -0.15) is 0 Å². The van der Waals surface area contributed by atoms with E-state index in [0.717, 1.165) is 6.42 Å². The highest BCUT2D eigenvalue weighted by Gasteiger charge is 2.22. The summed E-state index contributed by atoms with van der Waals surface area (Å²) < 4.78 is 0. The van der Waals surface area contributed by atoms with Gasteiger partial charge in [0.05, 0.1) is 0 Å². The molecule has 24 heavy (non-hydrogen) atoms. The molecule has 0 aliphatic rings. The van der Waals surface area contributed by atoms with E-state index in [4.69, 9.17) is 0 Å². The van der Waals surface area contributed by atoms with Crippen LogP contribution in [0.25, 0.3) is 0 Å². The second-order valence-corrected chi connectivity index (χ2v) is 6.50. The Morgan fingerprint density at radius 1 is 0.583 bits per heavy atom. The fraction of sp³-hybridized carbons (Fsp3) is 0.217. The fourth-order valence-corrected chi connectivity index (χ4v) is 3.38. The SMILES string of the molecule is CN(C)[C@@H](CC(c1ccccc1)c1ccccc1)c1ccccc1. The van der Waals surface area contributed by atoms with Gasteiger partial charge in [0.15, 0.2) is 0 Å². The summed E-state index contributed by atoms with van der Waals surface area (Å²) in [6.07, 6.45) is 1.06. The van der Waals surface area contributed by atoms with Gasteiger partial charge >= 0.3 is 0 Å². The molecule has 3 aromatic carbocycles. The van der Waals surface area contributed by atoms with Crippen LogP contribution in [0.5, 0.6) is 0 Å². The maximum Gasteiger partial charge on any atom is 0.0351 e. The van der Waals surface area contributed by atoms with Crippen molar-refractivity contribution >= 4 is 0 Å². The van der Waals surface area contributed by atoms with Crippen molar-refractivity contribution < 1.29 is 0 Å². The van der Waals surface area contributed by atoms with E-state index < -0.39 is 0 Å². The quantitative estimate of drug-likeness (QED) is 0.579. The molecule has 0 amide bonds. The van der Waals surface area contributed by atoms with Crippen LogP contribution in [0.3, 0.4) is 0 Å². The minimum atomic E-state index is 0.386. The number of nitrogens with zero attached hydrogens (tertiary/aromatic N) is 1. The van der Waals surface area contributed by atoms with Gasteiger partial charge in [0.1, 0.15) is 0 Å². The summed E-state index contributed by atoms with van der Waals surface area (Å²) >= 11 is 0. The standard InChI is InChI=1S/C23H25N/c1-24(2)23(21-16-10-5-11-17-21)18-22(19-12-6-3-7-13-19)20-14-8-4-9-15-20/h3-17,22-23H,18H2,1-2H3/t23-/m0/s1. The average molecular weight is 315 g/mol. The summed E-state index contributed by atoms with van der Waals surface area (Å²) in [6, 6.07) is 32.9. The molecule has 1 heteroatoms. The van der Waals surface area contributed by atoms with Gasteiger partial charge in [-0.3, -0.25) is 0 Å². The summed E-state index contributed by atoms with van der Waals surface area (Å²) in [5.74, 6) is 0.389. The molecule has 0 unspecified atom stereocenters. The van der Waals surface area contributed by atoms with Gasteiger partial charge in [-0.05, 0) is 37.2 Å². The van der Waals surface area contributed by atoms with E-state index in [1.165, 1.54) is 16.7 Å². The van der Waals surface area contributed by atoms with Gasteiger partial charge in [-0.1, -0.05) is 91.0 Å². The zero-order chi connectivity index (χ0) is 16.8. The molecular formula is C23H25N. The predicted molar refractivity (Wildman–Crippen MR) is 102 cm³/mol. The third-order valence-corrected chi connectivity index (χ3v) is 4.67. The van der Waals surface area contributed by atoms with E-state index in [1.807, 2.05) is 0 Å². The second kappa shape index (κ2) is 7.94. The third kappa shape index (κ3) is 3.93. The lowest BCUT2D eigenvalue weighted by Gasteiger charge is -2.29. The minimum Gasteiger partial charge on any atom is -0.302 e. The second-order valence-electron chi connectivity index (χ2n) is 6.50. The van der Waals surface area contributed by atoms with Crippen LogP contribution in [-0.2, 0) is 0 Å². The predicted octanol–water partition coefficient (Wildman–Crippen LogP) is 5.51. The van der Waals surface area contributed by atoms with Crippen LogP contribution >= 0.6 is 0 Å². The highest BCUT2D eigenvalue weighted by Crippen LogP contribution is 2.35. The van der Waals surface area contributed by atoms with E-state index in [1.54, 1.807) is 0 Å². The molecule has 3 aromatic rings. The zero-order valence-electron chi connectivity index (χ0n) is 14.5. The Hall–Kier alpha value is -2.38. The molecule has 0 saturated carbocycles. The Morgan fingerprint density at radius 3 is 1.33 bits per heavy atom. The Labute approximate surface area is 145 Å². The van der Waals surface area contributed by atoms with Crippen molar-refractivity contribution in [1.29, 1.82) is 0 Å². The average Bonchev–Trinajstić information content (AvgIpc) is 2.64. The number of hydrogen-bond acceptors (Lipinski definition) is 1. The maximum atomic E-state index is 2.33. The van der Waals surface area contributed by atoms with Crippen molar-refractivity contribution in [3.05, 3.63) is 108 Å². The largest absolute Gasteiger partial charge is 0.302 e. The van der Waals surface area contributed by atoms with Crippen molar-refractivity contribution in [1.82, 2.24) is 4.90 Å². The molecule has 0 aliphatic heterocycles. The van der Waals surface area contributed by atoms with Crippen molar-refractivity contribution in [3.63, 3.8) is 0 Å². The summed E-state index contributed by atoms with van der Waals surface area (Å²) in [5.41, 5.74) is 4.14. The molecule has 0 N–H and O–H groups in total. The summed E-state index contributed by atoms with van der Waals surface area (Å²) in [6.45, 7) is 0. The monoisotopic (exact) mass is 315 g/mol. The first-order valence-electron chi connectivity index (χ1n) is 8.57. The number of rotatable bonds is 6. The van der Waals surface area contributed by atoms with E-state index >= 15 is 0 Å². The van der Waals surface area contributed by atoms with E-state index in [0.29, 0.717) is 12.0 Å². The zero-order valence-corrected chi connectivity index (χ0v) is 14.5. The molecule has 0 bridgehead atoms. The molecule has 0 saturated heterocycles. The van der Waals surface area contributed by atoms with Gasteiger partial charge in [0.2, 0.25) is 0 Å². The molecule has 0 spiro atoms. The summed E-state index contributed by atoms with van der Waals surface area (Å²) in [5, 5.41) is 0. The molecule has 0 aromatic heterocycles. The molecule has 0 aliphatic carbocycles. The molecule has 3 rings (SSSR count). The first-order valence-corrected chi connectivity index (χ1v) is 8.57. The lowest BCUT2D eigenvalue weighted by Crippen LogP contribution is -2.22. The van der Waals surface area contributed by atoms with Crippen molar-refractivity contribution in [2.45, 2.75) is 18.4 Å². The van der Waals surface area contributed by atoms with Crippen molar-refractivity contribution in [3.8, 4) is 0 Å². The molecule has 0 radical (unpaired) electrons. The van der Waals surface area contributed by atoms with Crippen LogP contribution in [0.4, 0.5) is 0 Å². The van der Waals surface area contributed by atoms with Crippen LogP contribution in [-0.4, -0.2) is 19.0 Å². The third-order valence-electron chi connectivity index (χ3n) is 4.67. The first-order chi connectivity index (χ1) is 11.8. The topological polar surface area (TPSA) is 3.24 Å². The molecule has 1 atom stereocenters. The first kappa shape index (κ1) is 16.5. The van der Waals surface area contributed by atoms with Gasteiger partial charge in [-0.25, -0.2) is 0 Å². The Morgan fingerprint density at radius 2 is 0.958 bits per heavy atom. The molecule has 0 heterocycles. The van der Waals surface area contributed by atoms with Gasteiger partial charge < -0.3 is 4.90 Å². The molecule has 1 nitrogen and oxygen atoms in total. The Bertz CT molecular complexity index is 680. The fourth-order valence-electron chi connectivity index (χ4n) is 3.38. The lowest BCUT2D eigenvalue weighted by atomic mass is 9.84. The summed E-state index contributed by atoms with van der Waals surface area (Å²) in [7, 11) is 4.34. The molecule has 122 valence electrons. The van der Waals surface area contributed by atoms with Gasteiger partial charge in [-0.15, -0.1) is 0 Å². The van der Waals surface area contributed by atoms with Crippen LogP contribution in [0.1, 0.15) is 35.1 Å². The Kier molecular flexibility index (Phi) is 5.45.